The summed E-state index contributed by atoms with van der Waals surface area (Å²) in [5.74, 6) is 0.201. The van der Waals surface area contributed by atoms with E-state index in [0.29, 0.717) is 6.04 Å². The molecule has 2 fully saturated rings. The number of benzene rings is 1. The van der Waals surface area contributed by atoms with Crippen LogP contribution >= 0.6 is 11.3 Å². The molecule has 2 aromatic rings. The Morgan fingerprint density at radius 1 is 1.18 bits per heavy atom. The van der Waals surface area contributed by atoms with Gasteiger partial charge in [0.15, 0.2) is 0 Å². The quantitative estimate of drug-likeness (QED) is 0.742. The zero-order valence-electron chi connectivity index (χ0n) is 16.7. The maximum atomic E-state index is 13.3. The first kappa shape index (κ1) is 19.5. The molecule has 1 unspecified atom stereocenters. The summed E-state index contributed by atoms with van der Waals surface area (Å²) < 4.78 is 5.46. The predicted molar refractivity (Wildman–Crippen MR) is 116 cm³/mol. The van der Waals surface area contributed by atoms with E-state index in [2.05, 4.69) is 46.4 Å². The third-order valence-electron chi connectivity index (χ3n) is 5.99. The van der Waals surface area contributed by atoms with Gasteiger partial charge < -0.3 is 14.5 Å². The number of carbonyl (C=O) groups is 1. The molecule has 4 nitrogen and oxygen atoms in total. The van der Waals surface area contributed by atoms with Crippen LogP contribution in [0.2, 0.25) is 0 Å². The molecule has 0 aliphatic carbocycles. The molecule has 1 atom stereocenters. The molecule has 0 spiro atoms. The van der Waals surface area contributed by atoms with Crippen LogP contribution in [0.5, 0.6) is 0 Å². The number of thiophene rings is 1. The lowest BCUT2D eigenvalue weighted by Crippen LogP contribution is -2.44. The summed E-state index contributed by atoms with van der Waals surface area (Å²) in [5.41, 5.74) is 3.24. The van der Waals surface area contributed by atoms with Gasteiger partial charge in [-0.25, -0.2) is 0 Å². The van der Waals surface area contributed by atoms with Gasteiger partial charge in [0.1, 0.15) is 0 Å². The molecule has 2 aliphatic heterocycles. The van der Waals surface area contributed by atoms with Gasteiger partial charge in [0, 0.05) is 41.8 Å². The SMILES string of the molecule is Cc1cc(C(=O)N2CCCCC2CCc2cccs2)ccc1N1CCOCC1. The first-order valence-corrected chi connectivity index (χ1v) is 11.4. The number of hydrogen-bond donors (Lipinski definition) is 0. The van der Waals surface area contributed by atoms with Gasteiger partial charge in [0.2, 0.25) is 0 Å². The number of rotatable bonds is 5. The van der Waals surface area contributed by atoms with Gasteiger partial charge in [-0.05, 0) is 74.2 Å². The second-order valence-electron chi connectivity index (χ2n) is 7.87. The topological polar surface area (TPSA) is 32.8 Å². The average molecular weight is 399 g/mol. The first-order valence-electron chi connectivity index (χ1n) is 10.5. The van der Waals surface area contributed by atoms with Gasteiger partial charge in [0.05, 0.1) is 13.2 Å². The van der Waals surface area contributed by atoms with E-state index < -0.39 is 0 Å². The second kappa shape index (κ2) is 9.10. The molecule has 150 valence electrons. The number of likely N-dealkylation sites (tertiary alicyclic amines) is 1. The van der Waals surface area contributed by atoms with Crippen molar-refractivity contribution in [2.75, 3.05) is 37.7 Å². The van der Waals surface area contributed by atoms with Crippen LogP contribution in [-0.2, 0) is 11.2 Å². The minimum Gasteiger partial charge on any atom is -0.378 e. The Morgan fingerprint density at radius 2 is 2.04 bits per heavy atom. The normalized spacial score (nSPS) is 20.4. The van der Waals surface area contributed by atoms with Crippen molar-refractivity contribution in [3.8, 4) is 0 Å². The summed E-state index contributed by atoms with van der Waals surface area (Å²) >= 11 is 1.82. The highest BCUT2D eigenvalue weighted by atomic mass is 32.1. The standard InChI is InChI=1S/C23H30N2O2S/c1-18-17-19(7-10-22(18)24-12-14-27-15-13-24)23(26)25-11-3-2-5-20(25)8-9-21-6-4-16-28-21/h4,6-7,10,16-17,20H,2-3,5,8-9,11-15H2,1H3. The highest BCUT2D eigenvalue weighted by Gasteiger charge is 2.27. The summed E-state index contributed by atoms with van der Waals surface area (Å²) in [4.78, 5) is 19.2. The molecule has 1 aromatic heterocycles. The molecule has 28 heavy (non-hydrogen) atoms. The Labute approximate surface area is 172 Å². The number of hydrogen-bond acceptors (Lipinski definition) is 4. The fraction of sp³-hybridized carbons (Fsp3) is 0.522. The minimum atomic E-state index is 0.201. The number of carbonyl (C=O) groups excluding carboxylic acids is 1. The van der Waals surface area contributed by atoms with Crippen LogP contribution in [0.1, 0.15) is 46.5 Å². The summed E-state index contributed by atoms with van der Waals surface area (Å²) in [7, 11) is 0. The molecule has 0 bridgehead atoms. The van der Waals surface area contributed by atoms with E-state index in [9.17, 15) is 4.79 Å². The second-order valence-corrected chi connectivity index (χ2v) is 8.90. The molecular weight excluding hydrogens is 368 g/mol. The summed E-state index contributed by atoms with van der Waals surface area (Å²) in [6, 6.07) is 10.9. The van der Waals surface area contributed by atoms with E-state index in [-0.39, 0.29) is 5.91 Å². The number of nitrogens with zero attached hydrogens (tertiary/aromatic N) is 2. The van der Waals surface area contributed by atoms with Crippen molar-refractivity contribution in [1.29, 1.82) is 0 Å². The molecule has 5 heteroatoms. The van der Waals surface area contributed by atoms with Gasteiger partial charge in [-0.2, -0.15) is 0 Å². The van der Waals surface area contributed by atoms with Crippen molar-refractivity contribution in [2.45, 2.75) is 45.1 Å². The van der Waals surface area contributed by atoms with Crippen LogP contribution in [0.4, 0.5) is 5.69 Å². The number of aryl methyl sites for hydroxylation is 2. The third kappa shape index (κ3) is 4.41. The van der Waals surface area contributed by atoms with Gasteiger partial charge in [-0.15, -0.1) is 11.3 Å². The lowest BCUT2D eigenvalue weighted by molar-refractivity contribution is 0.0602. The summed E-state index contributed by atoms with van der Waals surface area (Å²) in [6.45, 7) is 6.40. The molecule has 0 N–H and O–H groups in total. The maximum Gasteiger partial charge on any atom is 0.254 e. The van der Waals surface area contributed by atoms with Gasteiger partial charge in [-0.3, -0.25) is 4.79 Å². The van der Waals surface area contributed by atoms with Crippen molar-refractivity contribution in [1.82, 2.24) is 4.90 Å². The Bertz CT molecular complexity index is 784. The zero-order valence-corrected chi connectivity index (χ0v) is 17.5. The number of morpholine rings is 1. The van der Waals surface area contributed by atoms with Crippen LogP contribution in [-0.4, -0.2) is 49.7 Å². The fourth-order valence-corrected chi connectivity index (χ4v) is 5.17. The van der Waals surface area contributed by atoms with Crippen molar-refractivity contribution >= 4 is 22.9 Å². The van der Waals surface area contributed by atoms with Gasteiger partial charge >= 0.3 is 0 Å². The maximum absolute atomic E-state index is 13.3. The van der Waals surface area contributed by atoms with Crippen LogP contribution in [0.3, 0.4) is 0 Å². The van der Waals surface area contributed by atoms with Crippen molar-refractivity contribution in [2.24, 2.45) is 0 Å². The molecule has 4 rings (SSSR count). The smallest absolute Gasteiger partial charge is 0.254 e. The molecule has 1 aromatic carbocycles. The Hall–Kier alpha value is -1.85. The Balaban J connectivity index is 1.46. The first-order chi connectivity index (χ1) is 13.7. The Kier molecular flexibility index (Phi) is 6.33. The number of piperidine rings is 1. The minimum absolute atomic E-state index is 0.201. The molecule has 0 saturated carbocycles. The van der Waals surface area contributed by atoms with Crippen LogP contribution in [0.25, 0.3) is 0 Å². The molecule has 2 saturated heterocycles. The summed E-state index contributed by atoms with van der Waals surface area (Å²) in [6.07, 6.45) is 5.61. The zero-order chi connectivity index (χ0) is 19.3. The summed E-state index contributed by atoms with van der Waals surface area (Å²) in [5, 5.41) is 2.14. The third-order valence-corrected chi connectivity index (χ3v) is 6.92. The van der Waals surface area contributed by atoms with E-state index in [4.69, 9.17) is 4.74 Å². The Morgan fingerprint density at radius 3 is 2.79 bits per heavy atom. The lowest BCUT2D eigenvalue weighted by atomic mass is 9.96. The van der Waals surface area contributed by atoms with Crippen molar-refractivity contribution < 1.29 is 9.53 Å². The van der Waals surface area contributed by atoms with E-state index >= 15 is 0 Å². The molecule has 3 heterocycles. The van der Waals surface area contributed by atoms with Crippen molar-refractivity contribution in [3.63, 3.8) is 0 Å². The van der Waals surface area contributed by atoms with Crippen LogP contribution in [0, 0.1) is 6.92 Å². The van der Waals surface area contributed by atoms with E-state index in [0.717, 1.165) is 64.1 Å². The fourth-order valence-electron chi connectivity index (χ4n) is 4.45. The van der Waals surface area contributed by atoms with E-state index in [1.54, 1.807) is 0 Å². The highest BCUT2D eigenvalue weighted by molar-refractivity contribution is 7.09. The lowest BCUT2D eigenvalue weighted by Gasteiger charge is -2.36. The van der Waals surface area contributed by atoms with Gasteiger partial charge in [-0.1, -0.05) is 6.07 Å². The predicted octanol–water partition coefficient (Wildman–Crippen LogP) is 4.52. The van der Waals surface area contributed by atoms with Gasteiger partial charge in [0.25, 0.3) is 5.91 Å². The van der Waals surface area contributed by atoms with E-state index in [1.165, 1.54) is 22.5 Å². The molecule has 0 radical (unpaired) electrons. The van der Waals surface area contributed by atoms with Crippen LogP contribution < -0.4 is 4.90 Å². The largest absolute Gasteiger partial charge is 0.378 e. The molecular formula is C23H30N2O2S. The average Bonchev–Trinajstić information content (AvgIpc) is 3.26. The van der Waals surface area contributed by atoms with Crippen molar-refractivity contribution in [3.05, 3.63) is 51.7 Å². The number of amides is 1. The van der Waals surface area contributed by atoms with Crippen LogP contribution in [0.15, 0.2) is 35.7 Å². The number of anilines is 1. The highest BCUT2D eigenvalue weighted by Crippen LogP contribution is 2.27. The number of ether oxygens (including phenoxy) is 1. The monoisotopic (exact) mass is 398 g/mol. The molecule has 1 amide bonds. The van der Waals surface area contributed by atoms with E-state index in [1.807, 2.05) is 17.4 Å². The molecule has 2 aliphatic rings.